The predicted molar refractivity (Wildman–Crippen MR) is 52.3 cm³/mol. The third kappa shape index (κ3) is 7.12. The molecule has 0 amide bonds. The van der Waals surface area contributed by atoms with Gasteiger partial charge in [-0.1, -0.05) is 18.2 Å². The molecule has 1 aromatic carbocycles. The molecular formula is C10H14O4. The number of carboxylic acid groups (broad SMARTS) is 1. The van der Waals surface area contributed by atoms with Gasteiger partial charge in [0.15, 0.2) is 6.61 Å². The molecule has 0 aromatic heterocycles. The van der Waals surface area contributed by atoms with Crippen molar-refractivity contribution in [3.63, 3.8) is 0 Å². The Kier molecular flexibility index (Phi) is 7.17. The normalized spacial score (nSPS) is 8.43. The lowest BCUT2D eigenvalue weighted by molar-refractivity contribution is -0.139. The first-order valence-electron chi connectivity index (χ1n) is 4.21. The molecule has 0 aliphatic heterocycles. The number of ether oxygens (including phenoxy) is 1. The maximum Gasteiger partial charge on any atom is 0.341 e. The predicted octanol–water partition coefficient (Wildman–Crippen LogP) is 1.15. The molecule has 1 rings (SSSR count). The van der Waals surface area contributed by atoms with Crippen LogP contribution in [-0.2, 0) is 4.79 Å². The van der Waals surface area contributed by atoms with Gasteiger partial charge in [-0.25, -0.2) is 4.79 Å². The van der Waals surface area contributed by atoms with E-state index in [1.54, 1.807) is 31.2 Å². The first-order chi connectivity index (χ1) is 6.70. The second kappa shape index (κ2) is 8.07. The van der Waals surface area contributed by atoms with Crippen LogP contribution in [-0.4, -0.2) is 29.4 Å². The number of aliphatic hydroxyl groups excluding tert-OH is 1. The fourth-order valence-corrected chi connectivity index (χ4v) is 0.662. The lowest BCUT2D eigenvalue weighted by Gasteiger charge is -2.00. The van der Waals surface area contributed by atoms with Crippen molar-refractivity contribution >= 4 is 5.97 Å². The van der Waals surface area contributed by atoms with E-state index in [9.17, 15) is 4.79 Å². The first-order valence-corrected chi connectivity index (χ1v) is 4.21. The van der Waals surface area contributed by atoms with Crippen molar-refractivity contribution in [3.05, 3.63) is 30.3 Å². The number of carbonyl (C=O) groups is 1. The Morgan fingerprint density at radius 1 is 1.36 bits per heavy atom. The van der Waals surface area contributed by atoms with Crippen LogP contribution in [0.4, 0.5) is 0 Å². The van der Waals surface area contributed by atoms with Gasteiger partial charge in [0.2, 0.25) is 0 Å². The summed E-state index contributed by atoms with van der Waals surface area (Å²) in [5.41, 5.74) is 0. The van der Waals surface area contributed by atoms with Crippen LogP contribution in [0.2, 0.25) is 0 Å². The van der Waals surface area contributed by atoms with Gasteiger partial charge in [-0.2, -0.15) is 0 Å². The lowest BCUT2D eigenvalue weighted by Crippen LogP contribution is -2.09. The molecule has 1 aromatic rings. The molecule has 14 heavy (non-hydrogen) atoms. The van der Waals surface area contributed by atoms with E-state index in [4.69, 9.17) is 14.9 Å². The Hall–Kier alpha value is -1.55. The van der Waals surface area contributed by atoms with Crippen molar-refractivity contribution in [2.45, 2.75) is 6.92 Å². The first kappa shape index (κ1) is 12.4. The summed E-state index contributed by atoms with van der Waals surface area (Å²) in [6, 6.07) is 8.84. The second-order valence-electron chi connectivity index (χ2n) is 2.31. The van der Waals surface area contributed by atoms with Gasteiger partial charge in [0, 0.05) is 6.61 Å². The maximum atomic E-state index is 10.0. The van der Waals surface area contributed by atoms with E-state index in [0.717, 1.165) is 0 Å². The van der Waals surface area contributed by atoms with Gasteiger partial charge in [0.1, 0.15) is 5.75 Å². The molecule has 78 valence electrons. The Bertz CT molecular complexity index is 246. The van der Waals surface area contributed by atoms with Crippen LogP contribution in [0, 0.1) is 0 Å². The summed E-state index contributed by atoms with van der Waals surface area (Å²) in [5.74, 6) is -0.385. The van der Waals surface area contributed by atoms with Gasteiger partial charge < -0.3 is 14.9 Å². The van der Waals surface area contributed by atoms with Crippen LogP contribution in [0.1, 0.15) is 6.92 Å². The molecule has 4 nitrogen and oxygen atoms in total. The molecule has 4 heteroatoms. The van der Waals surface area contributed by atoms with Crippen LogP contribution in [0.25, 0.3) is 0 Å². The fraction of sp³-hybridized carbons (Fsp3) is 0.300. The number of aliphatic carboxylic acids is 1. The number of hydrogen-bond donors (Lipinski definition) is 2. The Morgan fingerprint density at radius 2 is 1.86 bits per heavy atom. The van der Waals surface area contributed by atoms with E-state index in [-0.39, 0.29) is 13.2 Å². The highest BCUT2D eigenvalue weighted by Crippen LogP contribution is 2.07. The quantitative estimate of drug-likeness (QED) is 0.764. The largest absolute Gasteiger partial charge is 0.482 e. The standard InChI is InChI=1S/C8H8O3.C2H6O/c9-8(10)6-11-7-4-2-1-3-5-7;1-2-3/h1-5H,6H2,(H,9,10);3H,2H2,1H3. The average molecular weight is 198 g/mol. The van der Waals surface area contributed by atoms with Crippen molar-refractivity contribution in [1.82, 2.24) is 0 Å². The number of aliphatic hydroxyl groups is 1. The summed E-state index contributed by atoms with van der Waals surface area (Å²) in [7, 11) is 0. The number of para-hydroxylation sites is 1. The SMILES string of the molecule is CCO.O=C(O)COc1ccccc1. The molecular weight excluding hydrogens is 184 g/mol. The minimum Gasteiger partial charge on any atom is -0.482 e. The summed E-state index contributed by atoms with van der Waals surface area (Å²) < 4.78 is 4.87. The van der Waals surface area contributed by atoms with E-state index < -0.39 is 5.97 Å². The number of benzene rings is 1. The topological polar surface area (TPSA) is 66.8 Å². The van der Waals surface area contributed by atoms with E-state index in [2.05, 4.69) is 0 Å². The highest BCUT2D eigenvalue weighted by Gasteiger charge is 1.96. The van der Waals surface area contributed by atoms with E-state index in [1.165, 1.54) is 0 Å². The van der Waals surface area contributed by atoms with Gasteiger partial charge in [-0.15, -0.1) is 0 Å². The van der Waals surface area contributed by atoms with Gasteiger partial charge in [-0.05, 0) is 19.1 Å². The van der Waals surface area contributed by atoms with Gasteiger partial charge in [-0.3, -0.25) is 0 Å². The molecule has 0 atom stereocenters. The molecule has 0 bridgehead atoms. The zero-order valence-corrected chi connectivity index (χ0v) is 8.01. The van der Waals surface area contributed by atoms with Crippen molar-refractivity contribution in [2.75, 3.05) is 13.2 Å². The van der Waals surface area contributed by atoms with Crippen LogP contribution in [0.3, 0.4) is 0 Å². The van der Waals surface area contributed by atoms with E-state index in [0.29, 0.717) is 5.75 Å². The zero-order chi connectivity index (χ0) is 10.8. The fourth-order valence-electron chi connectivity index (χ4n) is 0.662. The van der Waals surface area contributed by atoms with Crippen LogP contribution < -0.4 is 4.74 Å². The number of hydrogen-bond acceptors (Lipinski definition) is 3. The molecule has 0 heterocycles. The van der Waals surface area contributed by atoms with Crippen molar-refractivity contribution in [2.24, 2.45) is 0 Å². The van der Waals surface area contributed by atoms with Gasteiger partial charge in [0.25, 0.3) is 0 Å². The van der Waals surface area contributed by atoms with Crippen molar-refractivity contribution in [1.29, 1.82) is 0 Å². The van der Waals surface area contributed by atoms with Crippen molar-refractivity contribution < 1.29 is 19.7 Å². The van der Waals surface area contributed by atoms with Crippen LogP contribution in [0.15, 0.2) is 30.3 Å². The highest BCUT2D eigenvalue weighted by molar-refractivity contribution is 5.68. The zero-order valence-electron chi connectivity index (χ0n) is 8.01. The van der Waals surface area contributed by atoms with Gasteiger partial charge >= 0.3 is 5.97 Å². The molecule has 0 aliphatic rings. The molecule has 2 N–H and O–H groups in total. The van der Waals surface area contributed by atoms with Crippen molar-refractivity contribution in [3.8, 4) is 5.75 Å². The highest BCUT2D eigenvalue weighted by atomic mass is 16.5. The molecule has 0 fully saturated rings. The molecule has 0 saturated heterocycles. The molecule has 0 radical (unpaired) electrons. The summed E-state index contributed by atoms with van der Waals surface area (Å²) in [4.78, 5) is 10.0. The summed E-state index contributed by atoms with van der Waals surface area (Å²) in [6.45, 7) is 1.64. The Balaban J connectivity index is 0.000000500. The smallest absolute Gasteiger partial charge is 0.341 e. The summed E-state index contributed by atoms with van der Waals surface area (Å²) in [5, 5.41) is 15.8. The molecule has 0 unspecified atom stereocenters. The maximum absolute atomic E-state index is 10.0. The summed E-state index contributed by atoms with van der Waals surface area (Å²) in [6.07, 6.45) is 0. The molecule has 0 aliphatic carbocycles. The third-order valence-corrected chi connectivity index (χ3v) is 1.11. The molecule has 0 saturated carbocycles. The Morgan fingerprint density at radius 3 is 2.29 bits per heavy atom. The summed E-state index contributed by atoms with van der Waals surface area (Å²) >= 11 is 0. The minimum atomic E-state index is -0.964. The monoisotopic (exact) mass is 198 g/mol. The van der Waals surface area contributed by atoms with Gasteiger partial charge in [0.05, 0.1) is 0 Å². The third-order valence-electron chi connectivity index (χ3n) is 1.11. The van der Waals surface area contributed by atoms with E-state index >= 15 is 0 Å². The molecule has 0 spiro atoms. The van der Waals surface area contributed by atoms with Crippen LogP contribution >= 0.6 is 0 Å². The Labute approximate surface area is 82.8 Å². The van der Waals surface area contributed by atoms with Crippen LogP contribution in [0.5, 0.6) is 5.75 Å². The average Bonchev–Trinajstić information content (AvgIpc) is 2.18. The van der Waals surface area contributed by atoms with E-state index in [1.807, 2.05) is 6.07 Å². The second-order valence-corrected chi connectivity index (χ2v) is 2.31. The lowest BCUT2D eigenvalue weighted by atomic mass is 10.3. The number of carboxylic acids is 1. The number of rotatable bonds is 3. The minimum absolute atomic E-state index is 0.250.